The van der Waals surface area contributed by atoms with E-state index in [9.17, 15) is 33.6 Å². The lowest BCUT2D eigenvalue weighted by atomic mass is 10.0. The highest BCUT2D eigenvalue weighted by atomic mass is 19.1. The SMILES string of the molecule is CC(C)[C@H](NC(=O)CCOCCOCCOCCOCCON)C(=O)N[C@@H](CCCNC(N)=O)C(=O)Nc1ccc(COC(=O)N2CCN(c3ccc(C(=O)NCc4ccc(NC(=O)[C@H]5C[C@@H]5c5cccnc5)cc4F)cc3)CC2)cc1. The van der Waals surface area contributed by atoms with E-state index < -0.39 is 47.7 Å². The number of rotatable bonds is 34. The van der Waals surface area contributed by atoms with E-state index in [0.717, 1.165) is 11.3 Å². The molecule has 2 heterocycles. The molecule has 1 aliphatic heterocycles. The summed E-state index contributed by atoms with van der Waals surface area (Å²) in [4.78, 5) is 103. The molecule has 4 aromatic rings. The predicted octanol–water partition coefficient (Wildman–Crippen LogP) is 3.71. The van der Waals surface area contributed by atoms with Crippen LogP contribution in [0.3, 0.4) is 0 Å². The molecule has 2 fully saturated rings. The fourth-order valence-corrected chi connectivity index (χ4v) is 8.71. The third kappa shape index (κ3) is 21.6. The molecule has 444 valence electrons. The highest BCUT2D eigenvalue weighted by molar-refractivity contribution is 5.99. The van der Waals surface area contributed by atoms with Gasteiger partial charge < -0.3 is 76.0 Å². The van der Waals surface area contributed by atoms with Gasteiger partial charge in [0.05, 0.1) is 59.5 Å². The Morgan fingerprint density at radius 2 is 1.40 bits per heavy atom. The number of piperazine rings is 1. The lowest BCUT2D eigenvalue weighted by Gasteiger charge is -2.35. The summed E-state index contributed by atoms with van der Waals surface area (Å²) in [6.45, 7) is 8.30. The number of carbonyl (C=O) groups excluding carboxylic acids is 7. The van der Waals surface area contributed by atoms with Crippen molar-refractivity contribution in [2.24, 2.45) is 23.5 Å². The van der Waals surface area contributed by atoms with E-state index in [-0.39, 0.29) is 80.9 Å². The minimum absolute atomic E-state index is 0.0146. The van der Waals surface area contributed by atoms with E-state index in [1.54, 1.807) is 73.6 Å². The molecule has 1 saturated carbocycles. The van der Waals surface area contributed by atoms with Crippen LogP contribution in [0.4, 0.5) is 31.0 Å². The molecular weight excluding hydrogens is 1070 g/mol. The van der Waals surface area contributed by atoms with Crippen molar-refractivity contribution in [3.63, 3.8) is 0 Å². The summed E-state index contributed by atoms with van der Waals surface area (Å²) in [5.41, 5.74) is 9.16. The van der Waals surface area contributed by atoms with Gasteiger partial charge >= 0.3 is 12.1 Å². The maximum Gasteiger partial charge on any atom is 0.410 e. The van der Waals surface area contributed by atoms with E-state index in [0.29, 0.717) is 108 Å². The molecule has 0 radical (unpaired) electrons. The molecule has 1 aromatic heterocycles. The molecule has 10 N–H and O–H groups in total. The van der Waals surface area contributed by atoms with Crippen molar-refractivity contribution < 1.29 is 66.5 Å². The van der Waals surface area contributed by atoms with Crippen LogP contribution in [0.2, 0.25) is 0 Å². The minimum atomic E-state index is -1.05. The van der Waals surface area contributed by atoms with Crippen LogP contribution in [0, 0.1) is 17.7 Å². The monoisotopic (exact) mass is 1140 g/mol. The first kappa shape index (κ1) is 63.4. The zero-order valence-electron chi connectivity index (χ0n) is 46.4. The fraction of sp³-hybridized carbons (Fsp3) is 0.474. The van der Waals surface area contributed by atoms with Gasteiger partial charge in [0.25, 0.3) is 5.91 Å². The second-order valence-electron chi connectivity index (χ2n) is 19.8. The number of benzene rings is 3. The molecule has 1 aliphatic carbocycles. The van der Waals surface area contributed by atoms with Gasteiger partial charge in [-0.2, -0.15) is 0 Å². The number of nitrogens with zero attached hydrogens (tertiary/aromatic N) is 3. The summed E-state index contributed by atoms with van der Waals surface area (Å²) in [6, 6.07) is 19.1. The van der Waals surface area contributed by atoms with Gasteiger partial charge in [0.2, 0.25) is 23.6 Å². The van der Waals surface area contributed by atoms with Crippen LogP contribution >= 0.6 is 0 Å². The zero-order chi connectivity index (χ0) is 58.6. The minimum Gasteiger partial charge on any atom is -0.445 e. The van der Waals surface area contributed by atoms with E-state index in [2.05, 4.69) is 46.6 Å². The molecule has 25 heteroatoms. The molecule has 0 bridgehead atoms. The third-order valence-corrected chi connectivity index (χ3v) is 13.4. The Morgan fingerprint density at radius 3 is 2.02 bits per heavy atom. The number of hydrogen-bond acceptors (Lipinski definition) is 16. The number of nitrogens with one attached hydrogen (secondary N) is 6. The second-order valence-corrected chi connectivity index (χ2v) is 19.8. The smallest absolute Gasteiger partial charge is 0.410 e. The summed E-state index contributed by atoms with van der Waals surface area (Å²) in [6.07, 6.45) is 4.07. The van der Waals surface area contributed by atoms with Crippen molar-refractivity contribution in [2.45, 2.75) is 70.7 Å². The average Bonchev–Trinajstić information content (AvgIpc) is 4.44. The van der Waals surface area contributed by atoms with Crippen LogP contribution in [0.1, 0.15) is 72.5 Å². The summed E-state index contributed by atoms with van der Waals surface area (Å²) in [5, 5.41) is 16.3. The standard InChI is InChI=1S/C57H76FN11O13/c1-38(2)51(67-50(70)17-24-77-25-26-78-27-28-79-29-30-80-31-32-82-60)55(74)66-49(6-4-19-62-56(59)75)54(73)64-43-12-7-39(8-13-43)37-81-57(76)69-22-20-68(21-23-69)45-15-10-40(11-16-45)52(71)63-36-42-9-14-44(33-48(42)58)65-53(72)47-34-46(47)41-5-3-18-61-35-41/h3,5,7-16,18,33,35,38,46-47,49,51H,4,6,17,19-32,34,36-37,60H2,1-2H3,(H,63,71)(H,64,73)(H,65,72)(H,66,74)(H,67,70)(H3,59,62,75)/t46-,47+,49+,51+/m1/s1. The van der Waals surface area contributed by atoms with Gasteiger partial charge in [0.1, 0.15) is 24.5 Å². The van der Waals surface area contributed by atoms with Gasteiger partial charge in [-0.1, -0.05) is 38.1 Å². The van der Waals surface area contributed by atoms with Crippen LogP contribution in [0.5, 0.6) is 0 Å². The summed E-state index contributed by atoms with van der Waals surface area (Å²) >= 11 is 0. The highest BCUT2D eigenvalue weighted by Crippen LogP contribution is 2.47. The molecule has 1 saturated heterocycles. The van der Waals surface area contributed by atoms with Crippen molar-refractivity contribution in [1.82, 2.24) is 31.2 Å². The predicted molar refractivity (Wildman–Crippen MR) is 300 cm³/mol. The number of ether oxygens (including phenoxy) is 5. The molecule has 0 spiro atoms. The van der Waals surface area contributed by atoms with Crippen LogP contribution in [-0.2, 0) is 60.9 Å². The van der Waals surface area contributed by atoms with Crippen LogP contribution < -0.4 is 48.4 Å². The van der Waals surface area contributed by atoms with Crippen molar-refractivity contribution in [3.8, 4) is 0 Å². The first-order chi connectivity index (χ1) is 39.7. The summed E-state index contributed by atoms with van der Waals surface area (Å²) in [5.74, 6) is 1.87. The topological polar surface area (TPSA) is 318 Å². The maximum absolute atomic E-state index is 15.0. The maximum atomic E-state index is 15.0. The van der Waals surface area contributed by atoms with Gasteiger partial charge in [0.15, 0.2) is 0 Å². The van der Waals surface area contributed by atoms with Gasteiger partial charge in [-0.25, -0.2) is 19.9 Å². The first-order valence-electron chi connectivity index (χ1n) is 27.4. The van der Waals surface area contributed by atoms with E-state index in [1.807, 2.05) is 24.3 Å². The van der Waals surface area contributed by atoms with Gasteiger partial charge in [-0.15, -0.1) is 0 Å². The van der Waals surface area contributed by atoms with Gasteiger partial charge in [0, 0.05) is 92.2 Å². The number of nitrogens with two attached hydrogens (primary N) is 2. The number of carbonyl (C=O) groups is 7. The molecular formula is C57H76FN11O13. The summed E-state index contributed by atoms with van der Waals surface area (Å²) < 4.78 is 42.3. The molecule has 4 atom stereocenters. The molecule has 3 aromatic carbocycles. The number of primary amides is 1. The second kappa shape index (κ2) is 33.8. The van der Waals surface area contributed by atoms with Crippen molar-refractivity contribution >= 4 is 58.7 Å². The molecule has 0 unspecified atom stereocenters. The van der Waals surface area contributed by atoms with Gasteiger partial charge in [-0.05, 0) is 96.8 Å². The number of hydrogen-bond donors (Lipinski definition) is 8. The Morgan fingerprint density at radius 1 is 0.744 bits per heavy atom. The fourth-order valence-electron chi connectivity index (χ4n) is 8.71. The van der Waals surface area contributed by atoms with Crippen molar-refractivity contribution in [2.75, 3.05) is 108 Å². The largest absolute Gasteiger partial charge is 0.445 e. The molecule has 8 amide bonds. The van der Waals surface area contributed by atoms with Gasteiger partial charge in [-0.3, -0.25) is 29.0 Å². The molecule has 24 nitrogen and oxygen atoms in total. The molecule has 6 rings (SSSR count). The summed E-state index contributed by atoms with van der Waals surface area (Å²) in [7, 11) is 0. The van der Waals surface area contributed by atoms with Crippen molar-refractivity contribution in [3.05, 3.63) is 119 Å². The van der Waals surface area contributed by atoms with E-state index in [4.69, 9.17) is 35.3 Å². The normalized spacial score (nSPS) is 15.4. The highest BCUT2D eigenvalue weighted by Gasteiger charge is 2.44. The number of pyridine rings is 1. The van der Waals surface area contributed by atoms with E-state index >= 15 is 4.39 Å². The Balaban J connectivity index is 0.872. The number of aromatic nitrogens is 1. The Kier molecular flexibility index (Phi) is 26.1. The number of halogens is 1. The number of urea groups is 1. The number of amides is 8. The number of anilines is 3. The lowest BCUT2D eigenvalue weighted by Crippen LogP contribution is -2.54. The molecule has 2 aliphatic rings. The Bertz CT molecular complexity index is 2680. The Labute approximate surface area is 476 Å². The third-order valence-electron chi connectivity index (χ3n) is 13.4. The average molecular weight is 1140 g/mol. The van der Waals surface area contributed by atoms with Crippen LogP contribution in [0.15, 0.2) is 91.3 Å². The van der Waals surface area contributed by atoms with E-state index in [1.165, 1.54) is 12.1 Å². The van der Waals surface area contributed by atoms with Crippen molar-refractivity contribution in [1.29, 1.82) is 0 Å². The molecule has 82 heavy (non-hydrogen) atoms. The first-order valence-corrected chi connectivity index (χ1v) is 27.4. The Hall–Kier alpha value is -7.81. The van der Waals surface area contributed by atoms with Crippen LogP contribution in [0.25, 0.3) is 0 Å². The zero-order valence-corrected chi connectivity index (χ0v) is 46.4. The lowest BCUT2D eigenvalue weighted by molar-refractivity contribution is -0.132. The quantitative estimate of drug-likeness (QED) is 0.0244. The van der Waals surface area contributed by atoms with Crippen LogP contribution in [-0.4, -0.2) is 156 Å².